The second-order valence-electron chi connectivity index (χ2n) is 4.18. The molecule has 0 unspecified atom stereocenters. The van der Waals surface area contributed by atoms with E-state index >= 15 is 0 Å². The monoisotopic (exact) mass is 273 g/mol. The van der Waals surface area contributed by atoms with E-state index in [0.717, 1.165) is 12.2 Å². The Morgan fingerprint density at radius 2 is 2.05 bits per heavy atom. The van der Waals surface area contributed by atoms with E-state index in [0.29, 0.717) is 30.5 Å². The molecule has 0 spiro atoms. The molecule has 0 saturated carbocycles. The molecule has 106 valence electrons. The average Bonchev–Trinajstić information content (AvgIpc) is 2.49. The molecule has 0 radical (unpaired) electrons. The Morgan fingerprint density at radius 3 is 2.70 bits per heavy atom. The Morgan fingerprint density at radius 1 is 1.20 bits per heavy atom. The summed E-state index contributed by atoms with van der Waals surface area (Å²) in [5.41, 5.74) is 7.52. The molecule has 2 N–H and O–H groups in total. The quantitative estimate of drug-likeness (QED) is 0.866. The van der Waals surface area contributed by atoms with Crippen LogP contribution in [0.1, 0.15) is 19.5 Å². The lowest BCUT2D eigenvalue weighted by atomic mass is 10.3. The topological polar surface area (TPSA) is 77.2 Å². The lowest BCUT2D eigenvalue weighted by molar-refractivity contribution is 0.328. The van der Waals surface area contributed by atoms with Gasteiger partial charge in [0.2, 0.25) is 5.88 Å². The van der Waals surface area contributed by atoms with Gasteiger partial charge in [-0.15, -0.1) is 0 Å². The molecule has 2 heterocycles. The van der Waals surface area contributed by atoms with E-state index in [1.54, 1.807) is 6.20 Å². The maximum atomic E-state index is 6.09. The molecule has 20 heavy (non-hydrogen) atoms. The Labute approximate surface area is 118 Å². The van der Waals surface area contributed by atoms with E-state index < -0.39 is 0 Å². The van der Waals surface area contributed by atoms with Crippen LogP contribution in [0.25, 0.3) is 0 Å². The third-order valence-corrected chi connectivity index (χ3v) is 2.87. The van der Waals surface area contributed by atoms with Crippen LogP contribution in [0.3, 0.4) is 0 Å². The zero-order chi connectivity index (χ0) is 14.4. The van der Waals surface area contributed by atoms with Gasteiger partial charge in [0.05, 0.1) is 18.8 Å². The Kier molecular flexibility index (Phi) is 4.70. The highest BCUT2D eigenvalue weighted by Gasteiger charge is 2.15. The van der Waals surface area contributed by atoms with Gasteiger partial charge in [-0.3, -0.25) is 4.98 Å². The van der Waals surface area contributed by atoms with Gasteiger partial charge in [0.15, 0.2) is 5.82 Å². The number of pyridine rings is 1. The van der Waals surface area contributed by atoms with Crippen molar-refractivity contribution in [1.82, 2.24) is 15.0 Å². The minimum absolute atomic E-state index is 0.428. The summed E-state index contributed by atoms with van der Waals surface area (Å²) < 4.78 is 5.40. The van der Waals surface area contributed by atoms with Gasteiger partial charge in [-0.25, -0.2) is 4.98 Å². The van der Waals surface area contributed by atoms with E-state index in [9.17, 15) is 0 Å². The number of ether oxygens (including phenoxy) is 1. The van der Waals surface area contributed by atoms with Gasteiger partial charge in [0, 0.05) is 12.7 Å². The van der Waals surface area contributed by atoms with Crippen molar-refractivity contribution in [2.75, 3.05) is 23.8 Å². The maximum Gasteiger partial charge on any atom is 0.242 e. The van der Waals surface area contributed by atoms with Crippen molar-refractivity contribution in [3.05, 3.63) is 36.4 Å². The highest BCUT2D eigenvalue weighted by atomic mass is 16.5. The average molecular weight is 273 g/mol. The lowest BCUT2D eigenvalue weighted by Gasteiger charge is -2.23. The number of aromatic nitrogens is 3. The summed E-state index contributed by atoms with van der Waals surface area (Å²) >= 11 is 0. The second kappa shape index (κ2) is 6.70. The lowest BCUT2D eigenvalue weighted by Crippen LogP contribution is -2.25. The Balaban J connectivity index is 2.25. The van der Waals surface area contributed by atoms with Crippen molar-refractivity contribution in [2.24, 2.45) is 0 Å². The number of nitrogens with zero attached hydrogens (tertiary/aromatic N) is 4. The highest BCUT2D eigenvalue weighted by Crippen LogP contribution is 2.28. The van der Waals surface area contributed by atoms with Crippen molar-refractivity contribution in [2.45, 2.75) is 20.4 Å². The second-order valence-corrected chi connectivity index (χ2v) is 4.18. The van der Waals surface area contributed by atoms with Crippen molar-refractivity contribution in [1.29, 1.82) is 0 Å². The molecule has 0 aliphatic carbocycles. The molecular weight excluding hydrogens is 254 g/mol. The van der Waals surface area contributed by atoms with Crippen LogP contribution in [0.4, 0.5) is 11.5 Å². The van der Waals surface area contributed by atoms with Crippen LogP contribution in [0.5, 0.6) is 5.88 Å². The van der Waals surface area contributed by atoms with Gasteiger partial charge in [-0.1, -0.05) is 6.07 Å². The van der Waals surface area contributed by atoms with E-state index in [-0.39, 0.29) is 0 Å². The largest absolute Gasteiger partial charge is 0.476 e. The smallest absolute Gasteiger partial charge is 0.242 e. The van der Waals surface area contributed by atoms with Gasteiger partial charge in [0.25, 0.3) is 0 Å². The summed E-state index contributed by atoms with van der Waals surface area (Å²) in [5, 5.41) is 0. The van der Waals surface area contributed by atoms with Gasteiger partial charge < -0.3 is 15.4 Å². The van der Waals surface area contributed by atoms with Crippen LogP contribution in [-0.2, 0) is 6.54 Å². The zero-order valence-electron chi connectivity index (χ0n) is 11.8. The minimum atomic E-state index is 0.428. The number of hydrogen-bond acceptors (Lipinski definition) is 6. The van der Waals surface area contributed by atoms with Crippen molar-refractivity contribution in [3.63, 3.8) is 0 Å². The van der Waals surface area contributed by atoms with Crippen LogP contribution >= 0.6 is 0 Å². The third kappa shape index (κ3) is 3.14. The van der Waals surface area contributed by atoms with Gasteiger partial charge in [-0.2, -0.15) is 4.98 Å². The summed E-state index contributed by atoms with van der Waals surface area (Å²) in [6, 6.07) is 5.83. The predicted octanol–water partition coefficient (Wildman–Crippen LogP) is 1.88. The van der Waals surface area contributed by atoms with E-state index in [2.05, 4.69) is 15.0 Å². The highest BCUT2D eigenvalue weighted by molar-refractivity contribution is 5.67. The molecule has 2 rings (SSSR count). The molecule has 0 aromatic carbocycles. The normalized spacial score (nSPS) is 10.3. The summed E-state index contributed by atoms with van der Waals surface area (Å²) in [6.07, 6.45) is 3.25. The van der Waals surface area contributed by atoms with Gasteiger partial charge >= 0.3 is 0 Å². The van der Waals surface area contributed by atoms with E-state index in [1.165, 1.54) is 6.33 Å². The minimum Gasteiger partial charge on any atom is -0.476 e. The van der Waals surface area contributed by atoms with Crippen LogP contribution in [0.2, 0.25) is 0 Å². The number of anilines is 2. The molecule has 6 heteroatoms. The molecule has 0 aliphatic rings. The molecule has 0 aliphatic heterocycles. The number of nitrogen functional groups attached to an aromatic ring is 1. The van der Waals surface area contributed by atoms with Gasteiger partial charge in [0.1, 0.15) is 12.0 Å². The van der Waals surface area contributed by atoms with Crippen LogP contribution < -0.4 is 15.4 Å². The fourth-order valence-electron chi connectivity index (χ4n) is 1.90. The first kappa shape index (κ1) is 14.0. The van der Waals surface area contributed by atoms with Crippen LogP contribution in [-0.4, -0.2) is 28.1 Å². The molecule has 0 saturated heterocycles. The fraction of sp³-hybridized carbons (Fsp3) is 0.357. The molecule has 0 fully saturated rings. The SMILES string of the molecule is CCOc1ncnc(N(CC)Cc2ccccn2)c1N. The van der Waals surface area contributed by atoms with Gasteiger partial charge in [-0.05, 0) is 26.0 Å². The Hall–Kier alpha value is -2.37. The number of rotatable bonds is 6. The number of nitrogens with two attached hydrogens (primary N) is 1. The molecule has 2 aromatic heterocycles. The summed E-state index contributed by atoms with van der Waals surface area (Å²) in [7, 11) is 0. The first-order valence-electron chi connectivity index (χ1n) is 6.64. The zero-order valence-corrected chi connectivity index (χ0v) is 11.8. The fourth-order valence-corrected chi connectivity index (χ4v) is 1.90. The summed E-state index contributed by atoms with van der Waals surface area (Å²) in [4.78, 5) is 14.7. The first-order chi connectivity index (χ1) is 9.76. The molecule has 2 aromatic rings. The summed E-state index contributed by atoms with van der Waals surface area (Å²) in [5.74, 6) is 1.11. The molecular formula is C14H19N5O. The molecule has 0 bridgehead atoms. The van der Waals surface area contributed by atoms with Crippen molar-refractivity contribution in [3.8, 4) is 5.88 Å². The predicted molar refractivity (Wildman–Crippen MR) is 78.6 cm³/mol. The Bertz CT molecular complexity index is 547. The molecule has 0 amide bonds. The standard InChI is InChI=1S/C14H19N5O/c1-3-19(9-11-7-5-6-8-16-11)13-12(15)14(20-4-2)18-10-17-13/h5-8,10H,3-4,9,15H2,1-2H3. The summed E-state index contributed by atoms with van der Waals surface area (Å²) in [6.45, 7) is 5.87. The van der Waals surface area contributed by atoms with Crippen LogP contribution in [0.15, 0.2) is 30.7 Å². The van der Waals surface area contributed by atoms with Crippen LogP contribution in [0, 0.1) is 0 Å². The third-order valence-electron chi connectivity index (χ3n) is 2.87. The first-order valence-corrected chi connectivity index (χ1v) is 6.64. The van der Waals surface area contributed by atoms with Crippen molar-refractivity contribution < 1.29 is 4.74 Å². The number of hydrogen-bond donors (Lipinski definition) is 1. The maximum absolute atomic E-state index is 6.09. The van der Waals surface area contributed by atoms with Crippen molar-refractivity contribution >= 4 is 11.5 Å². The van der Waals surface area contributed by atoms with E-state index in [4.69, 9.17) is 10.5 Å². The molecule has 0 atom stereocenters. The van der Waals surface area contributed by atoms with E-state index in [1.807, 2.05) is 36.9 Å². The molecule has 6 nitrogen and oxygen atoms in total.